The van der Waals surface area contributed by atoms with E-state index in [1.165, 1.54) is 22.3 Å². The molecule has 3 aromatic heterocycles. The van der Waals surface area contributed by atoms with Crippen LogP contribution in [0, 0.1) is 0 Å². The van der Waals surface area contributed by atoms with Gasteiger partial charge in [-0.3, -0.25) is 0 Å². The molecule has 0 fully saturated rings. The summed E-state index contributed by atoms with van der Waals surface area (Å²) < 4.78 is 12.5. The first-order valence-corrected chi connectivity index (χ1v) is 19.0. The molecular weight excluding hydrogens is 687 g/mol. The number of nitrogens with zero attached hydrogens (tertiary/aromatic N) is 3. The number of furan rings is 2. The van der Waals surface area contributed by atoms with Crippen molar-refractivity contribution in [2.24, 2.45) is 0 Å². The SMILES string of the molecule is C1=CCCC(c2cccc(-c3ccc4oc5cccc(-c6ccc(-c7nc(-c8ccccc8)nc(-c8ccc9oc%10ccccc%10c9c8)n7)cc6)c5c4c3)c2)=C1. The van der Waals surface area contributed by atoms with E-state index >= 15 is 0 Å². The van der Waals surface area contributed by atoms with Crippen molar-refractivity contribution in [3.63, 3.8) is 0 Å². The van der Waals surface area contributed by atoms with E-state index < -0.39 is 0 Å². The molecule has 7 aromatic carbocycles. The van der Waals surface area contributed by atoms with Gasteiger partial charge >= 0.3 is 0 Å². The third-order valence-electron chi connectivity index (χ3n) is 10.8. The second-order valence-electron chi connectivity index (χ2n) is 14.3. The molecule has 0 spiro atoms. The molecule has 0 bridgehead atoms. The molecule has 56 heavy (non-hydrogen) atoms. The molecule has 0 atom stereocenters. The fourth-order valence-electron chi connectivity index (χ4n) is 8.00. The maximum atomic E-state index is 6.42. The summed E-state index contributed by atoms with van der Waals surface area (Å²) in [5, 5.41) is 4.29. The highest BCUT2D eigenvalue weighted by molar-refractivity contribution is 6.13. The molecule has 0 radical (unpaired) electrons. The van der Waals surface area contributed by atoms with E-state index in [2.05, 4.69) is 115 Å². The minimum absolute atomic E-state index is 0.605. The van der Waals surface area contributed by atoms with E-state index in [-0.39, 0.29) is 0 Å². The normalized spacial score (nSPS) is 12.9. The molecule has 3 heterocycles. The van der Waals surface area contributed by atoms with Gasteiger partial charge in [-0.25, -0.2) is 15.0 Å². The van der Waals surface area contributed by atoms with Gasteiger partial charge in [0.15, 0.2) is 17.5 Å². The zero-order valence-electron chi connectivity index (χ0n) is 30.3. The first kappa shape index (κ1) is 32.1. The summed E-state index contributed by atoms with van der Waals surface area (Å²) >= 11 is 0. The van der Waals surface area contributed by atoms with Gasteiger partial charge in [-0.1, -0.05) is 127 Å². The maximum Gasteiger partial charge on any atom is 0.164 e. The van der Waals surface area contributed by atoms with Gasteiger partial charge in [0.1, 0.15) is 22.3 Å². The molecule has 1 aliphatic carbocycles. The van der Waals surface area contributed by atoms with Crippen molar-refractivity contribution in [2.45, 2.75) is 12.8 Å². The number of hydrogen-bond donors (Lipinski definition) is 0. The van der Waals surface area contributed by atoms with Crippen molar-refractivity contribution < 1.29 is 8.83 Å². The highest BCUT2D eigenvalue weighted by atomic mass is 16.3. The van der Waals surface area contributed by atoms with Gasteiger partial charge in [-0.15, -0.1) is 0 Å². The lowest BCUT2D eigenvalue weighted by molar-refractivity contribution is 0.668. The van der Waals surface area contributed by atoms with E-state index in [4.69, 9.17) is 23.8 Å². The van der Waals surface area contributed by atoms with Crippen LogP contribution in [-0.2, 0) is 0 Å². The van der Waals surface area contributed by atoms with E-state index in [9.17, 15) is 0 Å². The van der Waals surface area contributed by atoms with Gasteiger partial charge in [-0.2, -0.15) is 0 Å². The van der Waals surface area contributed by atoms with Crippen LogP contribution < -0.4 is 0 Å². The van der Waals surface area contributed by atoms with E-state index in [1.54, 1.807) is 0 Å². The monoisotopic (exact) mass is 719 g/mol. The molecule has 0 aliphatic heterocycles. The Kier molecular flexibility index (Phi) is 7.56. The second kappa shape index (κ2) is 13.2. The van der Waals surface area contributed by atoms with Crippen LogP contribution in [-0.4, -0.2) is 15.0 Å². The summed E-state index contributed by atoms with van der Waals surface area (Å²) in [7, 11) is 0. The number of hydrogen-bond acceptors (Lipinski definition) is 5. The highest BCUT2D eigenvalue weighted by Crippen LogP contribution is 2.40. The van der Waals surface area contributed by atoms with E-state index in [0.717, 1.165) is 84.5 Å². The van der Waals surface area contributed by atoms with Gasteiger partial charge in [0, 0.05) is 38.2 Å². The molecule has 10 aromatic rings. The first-order chi connectivity index (χ1) is 27.7. The van der Waals surface area contributed by atoms with Crippen LogP contribution in [0.5, 0.6) is 0 Å². The molecule has 5 nitrogen and oxygen atoms in total. The smallest absolute Gasteiger partial charge is 0.164 e. The molecule has 0 unspecified atom stereocenters. The number of fused-ring (bicyclic) bond motifs is 6. The Balaban J connectivity index is 0.990. The number of benzene rings is 7. The molecule has 0 saturated carbocycles. The number of aromatic nitrogens is 3. The maximum absolute atomic E-state index is 6.42. The van der Waals surface area contributed by atoms with Gasteiger partial charge in [0.2, 0.25) is 0 Å². The summed E-state index contributed by atoms with van der Waals surface area (Å²) in [4.78, 5) is 15.0. The zero-order chi connectivity index (χ0) is 37.0. The Morgan fingerprint density at radius 1 is 0.393 bits per heavy atom. The molecule has 1 aliphatic rings. The third kappa shape index (κ3) is 5.60. The lowest BCUT2D eigenvalue weighted by atomic mass is 9.93. The van der Waals surface area contributed by atoms with Crippen molar-refractivity contribution in [2.75, 3.05) is 0 Å². The molecule has 264 valence electrons. The van der Waals surface area contributed by atoms with Crippen molar-refractivity contribution in [1.82, 2.24) is 15.0 Å². The third-order valence-corrected chi connectivity index (χ3v) is 10.8. The lowest BCUT2D eigenvalue weighted by Crippen LogP contribution is -2.00. The summed E-state index contributed by atoms with van der Waals surface area (Å²) in [6.45, 7) is 0. The summed E-state index contributed by atoms with van der Waals surface area (Å²) in [6, 6.07) is 54.5. The predicted molar refractivity (Wildman–Crippen MR) is 228 cm³/mol. The Morgan fingerprint density at radius 2 is 0.964 bits per heavy atom. The van der Waals surface area contributed by atoms with Gasteiger partial charge < -0.3 is 8.83 Å². The highest BCUT2D eigenvalue weighted by Gasteiger charge is 2.17. The van der Waals surface area contributed by atoms with Crippen molar-refractivity contribution >= 4 is 49.5 Å². The number of para-hydroxylation sites is 1. The van der Waals surface area contributed by atoms with Crippen LogP contribution in [0.1, 0.15) is 18.4 Å². The van der Waals surface area contributed by atoms with Gasteiger partial charge in [0.05, 0.1) is 0 Å². The number of allylic oxidation sites excluding steroid dienone is 4. The molecule has 11 rings (SSSR count). The predicted octanol–water partition coefficient (Wildman–Crippen LogP) is 13.7. The minimum atomic E-state index is 0.605. The Morgan fingerprint density at radius 3 is 1.79 bits per heavy atom. The zero-order valence-corrected chi connectivity index (χ0v) is 30.3. The van der Waals surface area contributed by atoms with Crippen LogP contribution >= 0.6 is 0 Å². The van der Waals surface area contributed by atoms with E-state index in [1.807, 2.05) is 60.7 Å². The standard InChI is InChI=1S/C51H33N3O2/c1-3-11-32(12-4-1)36-15-9-16-37(29-36)38-25-27-46-43(30-38)48-40(18-10-20-47(48)56-46)33-21-23-35(24-22-33)50-52-49(34-13-5-2-6-14-34)53-51(54-50)39-26-28-45-42(31-39)41-17-7-8-19-44(41)55-45/h1-3,5-11,13-31H,4,12H2. The van der Waals surface area contributed by atoms with Crippen LogP contribution in [0.15, 0.2) is 185 Å². The largest absolute Gasteiger partial charge is 0.456 e. The quantitative estimate of drug-likeness (QED) is 0.171. The summed E-state index contributed by atoms with van der Waals surface area (Å²) in [6.07, 6.45) is 8.78. The van der Waals surface area contributed by atoms with E-state index in [0.29, 0.717) is 17.5 Å². The fourth-order valence-corrected chi connectivity index (χ4v) is 8.00. The van der Waals surface area contributed by atoms with Crippen LogP contribution in [0.3, 0.4) is 0 Å². The second-order valence-corrected chi connectivity index (χ2v) is 14.3. The Bertz CT molecular complexity index is 3190. The topological polar surface area (TPSA) is 65.0 Å². The average Bonchev–Trinajstić information content (AvgIpc) is 3.85. The summed E-state index contributed by atoms with van der Waals surface area (Å²) in [5.41, 5.74) is 13.4. The molecule has 0 N–H and O–H groups in total. The molecule has 0 amide bonds. The lowest BCUT2D eigenvalue weighted by Gasteiger charge is -2.11. The van der Waals surface area contributed by atoms with Crippen LogP contribution in [0.2, 0.25) is 0 Å². The van der Waals surface area contributed by atoms with Crippen LogP contribution in [0.25, 0.3) is 106 Å². The molecular formula is C51H33N3O2. The first-order valence-electron chi connectivity index (χ1n) is 19.0. The number of rotatable bonds is 6. The minimum Gasteiger partial charge on any atom is -0.456 e. The average molecular weight is 720 g/mol. The Labute approximate surface area is 322 Å². The van der Waals surface area contributed by atoms with Crippen molar-refractivity contribution in [3.8, 4) is 56.4 Å². The summed E-state index contributed by atoms with van der Waals surface area (Å²) in [5.74, 6) is 1.83. The molecule has 5 heteroatoms. The molecule has 0 saturated heterocycles. The van der Waals surface area contributed by atoms with Crippen LogP contribution in [0.4, 0.5) is 0 Å². The van der Waals surface area contributed by atoms with Gasteiger partial charge in [0.25, 0.3) is 0 Å². The van der Waals surface area contributed by atoms with Gasteiger partial charge in [-0.05, 0) is 94.8 Å². The Hall–Kier alpha value is -7.37. The van der Waals surface area contributed by atoms with Crippen molar-refractivity contribution in [3.05, 3.63) is 182 Å². The fraction of sp³-hybridized carbons (Fsp3) is 0.0392. The van der Waals surface area contributed by atoms with Crippen molar-refractivity contribution in [1.29, 1.82) is 0 Å².